The number of carbonyl (C=O) groups is 1. The van der Waals surface area contributed by atoms with Crippen LogP contribution in [0.2, 0.25) is 10.0 Å². The van der Waals surface area contributed by atoms with Gasteiger partial charge < -0.3 is 10.6 Å². The molecule has 1 amide bonds. The molecule has 1 aromatic carbocycles. The number of benzene rings is 1. The number of carbonyl (C=O) groups excluding carboxylic acids is 1. The van der Waals surface area contributed by atoms with Gasteiger partial charge in [0, 0.05) is 12.6 Å². The van der Waals surface area contributed by atoms with Crippen LogP contribution in [0.4, 0.5) is 0 Å². The minimum absolute atomic E-state index is 0.0343. The Labute approximate surface area is 123 Å². The molecule has 1 atom stereocenters. The Balaban J connectivity index is 1.87. The Bertz CT molecular complexity index is 443. The smallest absolute Gasteiger partial charge is 0.224 e. The van der Waals surface area contributed by atoms with Crippen LogP contribution >= 0.6 is 23.2 Å². The van der Waals surface area contributed by atoms with Crippen molar-refractivity contribution in [2.24, 2.45) is 0 Å². The van der Waals surface area contributed by atoms with Crippen molar-refractivity contribution in [2.75, 3.05) is 13.1 Å². The average Bonchev–Trinajstić information content (AvgIpc) is 2.62. The van der Waals surface area contributed by atoms with E-state index in [0.29, 0.717) is 16.5 Å². The van der Waals surface area contributed by atoms with Crippen molar-refractivity contribution in [3.8, 4) is 0 Å². The van der Waals surface area contributed by atoms with E-state index in [1.54, 1.807) is 12.1 Å². The summed E-state index contributed by atoms with van der Waals surface area (Å²) in [5, 5.41) is 7.40. The van der Waals surface area contributed by atoms with Crippen molar-refractivity contribution >= 4 is 29.1 Å². The summed E-state index contributed by atoms with van der Waals surface area (Å²) in [6.45, 7) is 1.90. The fourth-order valence-electron chi connectivity index (χ4n) is 2.26. The lowest BCUT2D eigenvalue weighted by Crippen LogP contribution is -2.41. The molecule has 1 aromatic rings. The lowest BCUT2D eigenvalue weighted by molar-refractivity contribution is -0.121. The Morgan fingerprint density at radius 1 is 1.32 bits per heavy atom. The number of hydrogen-bond donors (Lipinski definition) is 2. The summed E-state index contributed by atoms with van der Waals surface area (Å²) in [7, 11) is 0. The normalized spacial score (nSPS) is 19.8. The van der Waals surface area contributed by atoms with E-state index in [9.17, 15) is 4.79 Å². The number of rotatable bonds is 3. The van der Waals surface area contributed by atoms with Crippen molar-refractivity contribution in [3.63, 3.8) is 0 Å². The summed E-state index contributed by atoms with van der Waals surface area (Å²) in [5.41, 5.74) is 0.883. The SMILES string of the molecule is O=C(Cc1ccc(Cl)c(Cl)c1)NC1CCCCNC1. The fourth-order valence-corrected chi connectivity index (χ4v) is 2.58. The van der Waals surface area contributed by atoms with Crippen LogP contribution in [0.3, 0.4) is 0 Å². The molecule has 0 bridgehead atoms. The minimum atomic E-state index is 0.0343. The number of amides is 1. The maximum absolute atomic E-state index is 12.0. The highest BCUT2D eigenvalue weighted by atomic mass is 35.5. The van der Waals surface area contributed by atoms with Gasteiger partial charge in [-0.05, 0) is 37.1 Å². The molecule has 0 radical (unpaired) electrons. The molecule has 0 saturated carbocycles. The minimum Gasteiger partial charge on any atom is -0.352 e. The molecule has 0 aliphatic carbocycles. The van der Waals surface area contributed by atoms with E-state index in [-0.39, 0.29) is 11.9 Å². The third kappa shape index (κ3) is 4.68. The van der Waals surface area contributed by atoms with Crippen LogP contribution in [-0.2, 0) is 11.2 Å². The standard InChI is InChI=1S/C14H18Cl2N2O/c15-12-5-4-10(7-13(12)16)8-14(19)18-11-3-1-2-6-17-9-11/h4-5,7,11,17H,1-3,6,8-9H2,(H,18,19). The first-order valence-corrected chi connectivity index (χ1v) is 7.35. The average molecular weight is 301 g/mol. The predicted octanol–water partition coefficient (Wildman–Crippen LogP) is 2.79. The van der Waals surface area contributed by atoms with Crippen LogP contribution in [0.25, 0.3) is 0 Å². The molecule has 1 unspecified atom stereocenters. The fraction of sp³-hybridized carbons (Fsp3) is 0.500. The maximum Gasteiger partial charge on any atom is 0.224 e. The number of nitrogens with one attached hydrogen (secondary N) is 2. The molecule has 1 fully saturated rings. The van der Waals surface area contributed by atoms with Gasteiger partial charge in [0.1, 0.15) is 0 Å². The molecular weight excluding hydrogens is 283 g/mol. The van der Waals surface area contributed by atoms with Crippen LogP contribution in [0.1, 0.15) is 24.8 Å². The summed E-state index contributed by atoms with van der Waals surface area (Å²) in [5.74, 6) is 0.0343. The molecule has 1 aliphatic rings. The van der Waals surface area contributed by atoms with E-state index >= 15 is 0 Å². The molecule has 3 nitrogen and oxygen atoms in total. The first-order valence-electron chi connectivity index (χ1n) is 6.59. The third-order valence-corrected chi connectivity index (χ3v) is 4.00. The van der Waals surface area contributed by atoms with Crippen LogP contribution in [0.15, 0.2) is 18.2 Å². The molecule has 1 aliphatic heterocycles. The number of hydrogen-bond acceptors (Lipinski definition) is 2. The summed E-state index contributed by atoms with van der Waals surface area (Å²) < 4.78 is 0. The molecule has 1 heterocycles. The zero-order valence-electron chi connectivity index (χ0n) is 10.7. The van der Waals surface area contributed by atoms with Crippen LogP contribution < -0.4 is 10.6 Å². The molecule has 104 valence electrons. The van der Waals surface area contributed by atoms with Crippen molar-refractivity contribution in [2.45, 2.75) is 31.7 Å². The van der Waals surface area contributed by atoms with Gasteiger partial charge in [0.15, 0.2) is 0 Å². The number of halogens is 2. The van der Waals surface area contributed by atoms with Gasteiger partial charge in [0.25, 0.3) is 0 Å². The second-order valence-corrected chi connectivity index (χ2v) is 5.70. The highest BCUT2D eigenvalue weighted by molar-refractivity contribution is 6.42. The molecule has 1 saturated heterocycles. The van der Waals surface area contributed by atoms with Crippen molar-refractivity contribution in [1.82, 2.24) is 10.6 Å². The van der Waals surface area contributed by atoms with E-state index in [0.717, 1.165) is 31.5 Å². The largest absolute Gasteiger partial charge is 0.352 e. The highest BCUT2D eigenvalue weighted by Crippen LogP contribution is 2.22. The second-order valence-electron chi connectivity index (χ2n) is 4.89. The topological polar surface area (TPSA) is 41.1 Å². The first kappa shape index (κ1) is 14.6. The van der Waals surface area contributed by atoms with Crippen LogP contribution in [0, 0.1) is 0 Å². The summed E-state index contributed by atoms with van der Waals surface area (Å²) >= 11 is 11.8. The van der Waals surface area contributed by atoms with Crippen molar-refractivity contribution < 1.29 is 4.79 Å². The Morgan fingerprint density at radius 3 is 2.95 bits per heavy atom. The molecule has 5 heteroatoms. The molecule has 0 aromatic heterocycles. The summed E-state index contributed by atoms with van der Waals surface area (Å²) in [6, 6.07) is 5.53. The molecule has 2 N–H and O–H groups in total. The van der Waals surface area contributed by atoms with Crippen LogP contribution in [0.5, 0.6) is 0 Å². The molecule has 19 heavy (non-hydrogen) atoms. The summed E-state index contributed by atoms with van der Waals surface area (Å²) in [4.78, 5) is 12.0. The highest BCUT2D eigenvalue weighted by Gasteiger charge is 2.14. The van der Waals surface area contributed by atoms with Gasteiger partial charge in [-0.1, -0.05) is 35.7 Å². The monoisotopic (exact) mass is 300 g/mol. The molecule has 0 spiro atoms. The molecular formula is C14H18Cl2N2O. The van der Waals surface area contributed by atoms with E-state index in [1.807, 2.05) is 6.07 Å². The zero-order valence-corrected chi connectivity index (χ0v) is 12.2. The molecule has 2 rings (SSSR count). The van der Waals surface area contributed by atoms with Gasteiger partial charge in [-0.25, -0.2) is 0 Å². The quantitative estimate of drug-likeness (QED) is 0.901. The van der Waals surface area contributed by atoms with E-state index in [4.69, 9.17) is 23.2 Å². The Hall–Kier alpha value is -0.770. The summed E-state index contributed by atoms with van der Waals surface area (Å²) in [6.07, 6.45) is 3.72. The van der Waals surface area contributed by atoms with Gasteiger partial charge in [-0.2, -0.15) is 0 Å². The second kappa shape index (κ2) is 7.13. The Kier molecular flexibility index (Phi) is 5.49. The van der Waals surface area contributed by atoms with Crippen molar-refractivity contribution in [3.05, 3.63) is 33.8 Å². The Morgan fingerprint density at radius 2 is 2.16 bits per heavy atom. The van der Waals surface area contributed by atoms with E-state index in [2.05, 4.69) is 10.6 Å². The van der Waals surface area contributed by atoms with Gasteiger partial charge >= 0.3 is 0 Å². The van der Waals surface area contributed by atoms with E-state index < -0.39 is 0 Å². The first-order chi connectivity index (χ1) is 9.15. The van der Waals surface area contributed by atoms with Gasteiger partial charge in [-0.3, -0.25) is 4.79 Å². The van der Waals surface area contributed by atoms with Gasteiger partial charge in [-0.15, -0.1) is 0 Å². The van der Waals surface area contributed by atoms with Crippen LogP contribution in [-0.4, -0.2) is 25.0 Å². The maximum atomic E-state index is 12.0. The third-order valence-electron chi connectivity index (χ3n) is 3.26. The lowest BCUT2D eigenvalue weighted by Gasteiger charge is -2.16. The lowest BCUT2D eigenvalue weighted by atomic mass is 10.1. The van der Waals surface area contributed by atoms with Crippen molar-refractivity contribution in [1.29, 1.82) is 0 Å². The zero-order chi connectivity index (χ0) is 13.7. The van der Waals surface area contributed by atoms with E-state index in [1.165, 1.54) is 6.42 Å². The van der Waals surface area contributed by atoms with Gasteiger partial charge in [0.2, 0.25) is 5.91 Å². The van der Waals surface area contributed by atoms with Gasteiger partial charge in [0.05, 0.1) is 16.5 Å². The predicted molar refractivity (Wildman–Crippen MR) is 78.8 cm³/mol.